The third-order valence-corrected chi connectivity index (χ3v) is 5.67. The number of fused-ring (bicyclic) bond motifs is 2. The van der Waals surface area contributed by atoms with Crippen LogP contribution in [0.4, 0.5) is 4.39 Å². The molecule has 2 fully saturated rings. The average molecular weight is 314 g/mol. The van der Waals surface area contributed by atoms with Crippen LogP contribution < -0.4 is 0 Å². The lowest BCUT2D eigenvalue weighted by atomic mass is 9.93. The Kier molecular flexibility index (Phi) is 3.93. The van der Waals surface area contributed by atoms with Crippen LogP contribution in [0.5, 0.6) is 0 Å². The molecule has 0 radical (unpaired) electrons. The van der Waals surface area contributed by atoms with E-state index in [4.69, 9.17) is 0 Å². The minimum atomic E-state index is -0.423. The summed E-state index contributed by atoms with van der Waals surface area (Å²) in [5.41, 5.74) is 0.194. The van der Waals surface area contributed by atoms with Gasteiger partial charge in [0, 0.05) is 32.7 Å². The zero-order valence-corrected chi connectivity index (χ0v) is 13.3. The van der Waals surface area contributed by atoms with Gasteiger partial charge in [0.2, 0.25) is 0 Å². The molecular weight excluding hydrogens is 291 g/mol. The topological polar surface area (TPSA) is 23.6 Å². The Bertz CT molecular complexity index is 622. The summed E-state index contributed by atoms with van der Waals surface area (Å²) in [7, 11) is 0. The van der Waals surface area contributed by atoms with Gasteiger partial charge in [-0.2, -0.15) is 0 Å². The van der Waals surface area contributed by atoms with E-state index in [2.05, 4.69) is 17.1 Å². The highest BCUT2D eigenvalue weighted by Crippen LogP contribution is 2.43. The van der Waals surface area contributed by atoms with E-state index in [9.17, 15) is 9.18 Å². The second kappa shape index (κ2) is 6.08. The molecule has 4 heteroatoms. The molecule has 23 heavy (non-hydrogen) atoms. The Morgan fingerprint density at radius 1 is 1.09 bits per heavy atom. The fraction of sp³-hybridized carbons (Fsp3) is 0.526. The number of hydrogen-bond donors (Lipinski definition) is 0. The van der Waals surface area contributed by atoms with E-state index >= 15 is 0 Å². The van der Waals surface area contributed by atoms with Crippen molar-refractivity contribution in [1.82, 2.24) is 9.80 Å². The number of carbonyl (C=O) groups is 1. The van der Waals surface area contributed by atoms with Crippen molar-refractivity contribution in [2.24, 2.45) is 17.8 Å². The molecule has 1 aromatic carbocycles. The van der Waals surface area contributed by atoms with Crippen molar-refractivity contribution in [3.8, 4) is 0 Å². The number of benzene rings is 1. The predicted octanol–water partition coefficient (Wildman–Crippen LogP) is 2.80. The SMILES string of the molecule is O=C(c1ccccc1F)N1CCN(C[C@@H]2C[C@H]3C=C[C@@H]2C3)CC1. The van der Waals surface area contributed by atoms with Crippen LogP contribution in [0.25, 0.3) is 0 Å². The minimum absolute atomic E-state index is 0.175. The van der Waals surface area contributed by atoms with Crippen molar-refractivity contribution in [2.45, 2.75) is 12.8 Å². The van der Waals surface area contributed by atoms with E-state index < -0.39 is 5.82 Å². The molecule has 0 aromatic heterocycles. The van der Waals surface area contributed by atoms with E-state index in [-0.39, 0.29) is 11.5 Å². The lowest BCUT2D eigenvalue weighted by molar-refractivity contribution is 0.0606. The monoisotopic (exact) mass is 314 g/mol. The Hall–Kier alpha value is -1.68. The zero-order chi connectivity index (χ0) is 15.8. The quantitative estimate of drug-likeness (QED) is 0.801. The molecule has 4 rings (SSSR count). The van der Waals surface area contributed by atoms with Crippen LogP contribution in [0.15, 0.2) is 36.4 Å². The van der Waals surface area contributed by atoms with Crippen LogP contribution in [-0.4, -0.2) is 48.4 Å². The van der Waals surface area contributed by atoms with E-state index in [1.54, 1.807) is 23.1 Å². The van der Waals surface area contributed by atoms with E-state index in [1.165, 1.54) is 18.9 Å². The van der Waals surface area contributed by atoms with E-state index in [1.807, 2.05) is 0 Å². The summed E-state index contributed by atoms with van der Waals surface area (Å²) in [4.78, 5) is 16.7. The summed E-state index contributed by atoms with van der Waals surface area (Å²) in [6, 6.07) is 6.26. The maximum absolute atomic E-state index is 13.8. The number of rotatable bonds is 3. The van der Waals surface area contributed by atoms with Crippen LogP contribution in [0.3, 0.4) is 0 Å². The van der Waals surface area contributed by atoms with Gasteiger partial charge in [0.25, 0.3) is 5.91 Å². The normalized spacial score (nSPS) is 30.1. The van der Waals surface area contributed by atoms with Crippen LogP contribution >= 0.6 is 0 Å². The Balaban J connectivity index is 1.32. The summed E-state index contributed by atoms with van der Waals surface area (Å²) in [6.07, 6.45) is 7.45. The van der Waals surface area contributed by atoms with Gasteiger partial charge in [-0.1, -0.05) is 24.3 Å². The molecule has 1 saturated heterocycles. The molecule has 122 valence electrons. The molecule has 3 aliphatic rings. The van der Waals surface area contributed by atoms with Gasteiger partial charge in [-0.15, -0.1) is 0 Å². The second-order valence-corrected chi connectivity index (χ2v) is 7.11. The average Bonchev–Trinajstić information content (AvgIpc) is 3.18. The number of halogens is 1. The van der Waals surface area contributed by atoms with Gasteiger partial charge in [0.05, 0.1) is 5.56 Å². The van der Waals surface area contributed by atoms with Gasteiger partial charge in [-0.25, -0.2) is 4.39 Å². The zero-order valence-electron chi connectivity index (χ0n) is 13.3. The van der Waals surface area contributed by atoms with Gasteiger partial charge in [-0.3, -0.25) is 9.69 Å². The maximum Gasteiger partial charge on any atom is 0.256 e. The number of piperazine rings is 1. The molecule has 1 heterocycles. The number of amides is 1. The number of hydrogen-bond acceptors (Lipinski definition) is 2. The van der Waals surface area contributed by atoms with Crippen LogP contribution in [0.1, 0.15) is 23.2 Å². The van der Waals surface area contributed by atoms with Crippen molar-refractivity contribution < 1.29 is 9.18 Å². The first-order chi connectivity index (χ1) is 11.2. The molecule has 1 aliphatic heterocycles. The highest BCUT2D eigenvalue weighted by Gasteiger charge is 2.36. The second-order valence-electron chi connectivity index (χ2n) is 7.11. The van der Waals surface area contributed by atoms with Crippen LogP contribution in [0.2, 0.25) is 0 Å². The molecule has 1 aromatic rings. The molecule has 3 nitrogen and oxygen atoms in total. The number of nitrogens with zero attached hydrogens (tertiary/aromatic N) is 2. The smallest absolute Gasteiger partial charge is 0.256 e. The van der Waals surface area contributed by atoms with Crippen molar-refractivity contribution in [1.29, 1.82) is 0 Å². The van der Waals surface area contributed by atoms with Gasteiger partial charge >= 0.3 is 0 Å². The molecule has 3 atom stereocenters. The predicted molar refractivity (Wildman–Crippen MR) is 87.6 cm³/mol. The Labute approximate surface area is 136 Å². The maximum atomic E-state index is 13.8. The number of allylic oxidation sites excluding steroid dienone is 2. The molecule has 2 bridgehead atoms. The van der Waals surface area contributed by atoms with Gasteiger partial charge in [0.1, 0.15) is 5.82 Å². The van der Waals surface area contributed by atoms with E-state index in [0.29, 0.717) is 13.1 Å². The molecular formula is C19H23FN2O. The third kappa shape index (κ3) is 2.92. The molecule has 1 saturated carbocycles. The molecule has 0 unspecified atom stereocenters. The van der Waals surface area contributed by atoms with Gasteiger partial charge in [-0.05, 0) is 42.7 Å². The molecule has 0 N–H and O–H groups in total. The lowest BCUT2D eigenvalue weighted by Crippen LogP contribution is -2.50. The molecule has 2 aliphatic carbocycles. The highest BCUT2D eigenvalue weighted by molar-refractivity contribution is 5.94. The standard InChI is InChI=1S/C19H23FN2O/c20-18-4-2-1-3-17(18)19(23)22-9-7-21(8-10-22)13-16-12-14-5-6-15(16)11-14/h1-6,14-16H,7-13H2/t14-,15+,16-/m0/s1. The first kappa shape index (κ1) is 14.9. The highest BCUT2D eigenvalue weighted by atomic mass is 19.1. The molecule has 1 amide bonds. The largest absolute Gasteiger partial charge is 0.336 e. The summed E-state index contributed by atoms with van der Waals surface area (Å²) >= 11 is 0. The first-order valence-electron chi connectivity index (χ1n) is 8.65. The minimum Gasteiger partial charge on any atom is -0.336 e. The van der Waals surface area contributed by atoms with Gasteiger partial charge < -0.3 is 4.90 Å². The van der Waals surface area contributed by atoms with Crippen LogP contribution in [0, 0.1) is 23.6 Å². The van der Waals surface area contributed by atoms with Crippen molar-refractivity contribution in [2.75, 3.05) is 32.7 Å². The van der Waals surface area contributed by atoms with E-state index in [0.717, 1.165) is 37.4 Å². The number of carbonyl (C=O) groups excluding carboxylic acids is 1. The summed E-state index contributed by atoms with van der Waals surface area (Å²) in [5, 5.41) is 0. The lowest BCUT2D eigenvalue weighted by Gasteiger charge is -2.37. The fourth-order valence-corrected chi connectivity index (χ4v) is 4.37. The third-order valence-electron chi connectivity index (χ3n) is 5.67. The van der Waals surface area contributed by atoms with Crippen molar-refractivity contribution >= 4 is 5.91 Å². The Morgan fingerprint density at radius 3 is 2.52 bits per heavy atom. The van der Waals surface area contributed by atoms with Crippen molar-refractivity contribution in [3.05, 3.63) is 47.8 Å². The summed E-state index contributed by atoms with van der Waals surface area (Å²) in [5.74, 6) is 1.78. The summed E-state index contributed by atoms with van der Waals surface area (Å²) < 4.78 is 13.8. The van der Waals surface area contributed by atoms with Crippen molar-refractivity contribution in [3.63, 3.8) is 0 Å². The van der Waals surface area contributed by atoms with Crippen LogP contribution in [-0.2, 0) is 0 Å². The Morgan fingerprint density at radius 2 is 1.87 bits per heavy atom. The first-order valence-corrected chi connectivity index (χ1v) is 8.65. The summed E-state index contributed by atoms with van der Waals surface area (Å²) in [6.45, 7) is 4.34. The van der Waals surface area contributed by atoms with Gasteiger partial charge in [0.15, 0.2) is 0 Å². The fourth-order valence-electron chi connectivity index (χ4n) is 4.37. The molecule has 0 spiro atoms.